The number of hydrogen-bond acceptors (Lipinski definition) is 8. The van der Waals surface area contributed by atoms with Crippen LogP contribution in [-0.2, 0) is 11.3 Å². The largest absolute Gasteiger partial charge is 0.489 e. The lowest BCUT2D eigenvalue weighted by Gasteiger charge is -2.16. The highest BCUT2D eigenvalue weighted by molar-refractivity contribution is 6.00. The molecular formula is C20H20N8O3. The monoisotopic (exact) mass is 420 g/mol. The molecule has 2 amide bonds. The molecule has 1 fully saturated rings. The summed E-state index contributed by atoms with van der Waals surface area (Å²) in [5.41, 5.74) is 1.90. The summed E-state index contributed by atoms with van der Waals surface area (Å²) in [5.74, 6) is 1.09. The second kappa shape index (κ2) is 7.67. The molecule has 0 atom stereocenters. The molecule has 1 aliphatic heterocycles. The molecule has 1 aromatic carbocycles. The highest BCUT2D eigenvalue weighted by atomic mass is 16.5. The van der Waals surface area contributed by atoms with Crippen LogP contribution < -0.4 is 20.7 Å². The molecule has 11 heteroatoms. The summed E-state index contributed by atoms with van der Waals surface area (Å²) in [7, 11) is 1.51. The van der Waals surface area contributed by atoms with Crippen LogP contribution in [0.2, 0.25) is 0 Å². The van der Waals surface area contributed by atoms with Crippen LogP contribution >= 0.6 is 0 Å². The van der Waals surface area contributed by atoms with E-state index in [-0.39, 0.29) is 23.3 Å². The van der Waals surface area contributed by atoms with Crippen molar-refractivity contribution >= 4 is 29.0 Å². The molecule has 158 valence electrons. The molecule has 5 rings (SSSR count). The normalized spacial score (nSPS) is 14.5. The van der Waals surface area contributed by atoms with Gasteiger partial charge >= 0.3 is 0 Å². The second-order valence-corrected chi connectivity index (χ2v) is 7.34. The number of nitrogens with zero attached hydrogens (tertiary/aromatic N) is 5. The van der Waals surface area contributed by atoms with Gasteiger partial charge in [-0.2, -0.15) is 0 Å². The van der Waals surface area contributed by atoms with E-state index in [9.17, 15) is 9.59 Å². The van der Waals surface area contributed by atoms with Crippen molar-refractivity contribution < 1.29 is 14.3 Å². The third-order valence-corrected chi connectivity index (χ3v) is 5.15. The average molecular weight is 420 g/mol. The number of rotatable bonds is 5. The van der Waals surface area contributed by atoms with Crippen molar-refractivity contribution in [3.8, 4) is 17.1 Å². The Morgan fingerprint density at radius 2 is 2.03 bits per heavy atom. The molecule has 1 aliphatic carbocycles. The lowest BCUT2D eigenvalue weighted by atomic mass is 10.1. The number of anilines is 3. The van der Waals surface area contributed by atoms with Crippen molar-refractivity contribution in [3.05, 3.63) is 36.3 Å². The summed E-state index contributed by atoms with van der Waals surface area (Å²) in [6, 6.07) is 7.19. The van der Waals surface area contributed by atoms with Crippen molar-refractivity contribution in [2.75, 3.05) is 24.3 Å². The summed E-state index contributed by atoms with van der Waals surface area (Å²) in [4.78, 5) is 24.5. The number of benzene rings is 1. The van der Waals surface area contributed by atoms with Gasteiger partial charge in [-0.05, 0) is 25.0 Å². The lowest BCUT2D eigenvalue weighted by molar-refractivity contribution is -0.117. The maximum atomic E-state index is 12.4. The Balaban J connectivity index is 1.52. The second-order valence-electron chi connectivity index (χ2n) is 7.34. The minimum Gasteiger partial charge on any atom is -0.489 e. The Kier molecular flexibility index (Phi) is 4.69. The number of nitrogens with one attached hydrogen (secondary N) is 3. The Labute approximate surface area is 177 Å². The highest BCUT2D eigenvalue weighted by Gasteiger charge is 2.30. The number of hydrogen-bond donors (Lipinski definition) is 3. The summed E-state index contributed by atoms with van der Waals surface area (Å²) < 4.78 is 7.92. The van der Waals surface area contributed by atoms with Crippen LogP contribution in [0.4, 0.5) is 17.2 Å². The van der Waals surface area contributed by atoms with Crippen LogP contribution in [0.15, 0.2) is 30.6 Å². The first-order chi connectivity index (χ1) is 15.1. The Bertz CT molecular complexity index is 1170. The van der Waals surface area contributed by atoms with Gasteiger partial charge in [-0.1, -0.05) is 6.07 Å². The van der Waals surface area contributed by atoms with E-state index in [1.807, 2.05) is 22.8 Å². The molecule has 31 heavy (non-hydrogen) atoms. The predicted octanol–water partition coefficient (Wildman–Crippen LogP) is 1.58. The zero-order valence-corrected chi connectivity index (χ0v) is 16.8. The minimum absolute atomic E-state index is 0.0208. The van der Waals surface area contributed by atoms with Crippen LogP contribution in [0, 0.1) is 5.92 Å². The van der Waals surface area contributed by atoms with Gasteiger partial charge in [0, 0.05) is 19.0 Å². The number of amides is 2. The van der Waals surface area contributed by atoms with E-state index in [0.717, 1.165) is 18.4 Å². The summed E-state index contributed by atoms with van der Waals surface area (Å²) >= 11 is 0. The first kappa shape index (κ1) is 19.0. The first-order valence-corrected chi connectivity index (χ1v) is 9.95. The summed E-state index contributed by atoms with van der Waals surface area (Å²) in [6.45, 7) is 1.06. The molecule has 0 saturated heterocycles. The molecule has 3 N–H and O–H groups in total. The van der Waals surface area contributed by atoms with E-state index >= 15 is 0 Å². The fourth-order valence-corrected chi connectivity index (χ4v) is 3.39. The average Bonchev–Trinajstić information content (AvgIpc) is 3.56. The SMILES string of the molecule is CNC(=O)c1nnc(NC(=O)C2CC2)cc1Nc1cccc2c1OCCn1cnnc1-2. The zero-order chi connectivity index (χ0) is 21.4. The van der Waals surface area contributed by atoms with E-state index in [0.29, 0.717) is 36.1 Å². The number of carbonyl (C=O) groups is 2. The van der Waals surface area contributed by atoms with Gasteiger partial charge in [0.2, 0.25) is 5.91 Å². The number of para-hydroxylation sites is 1. The molecule has 11 nitrogen and oxygen atoms in total. The molecule has 0 unspecified atom stereocenters. The summed E-state index contributed by atoms with van der Waals surface area (Å²) in [6.07, 6.45) is 3.41. The quantitative estimate of drug-likeness (QED) is 0.566. The van der Waals surface area contributed by atoms with Crippen LogP contribution in [0.5, 0.6) is 5.75 Å². The number of ether oxygens (including phenoxy) is 1. The van der Waals surface area contributed by atoms with Gasteiger partial charge in [0.15, 0.2) is 23.1 Å². The number of carbonyl (C=O) groups excluding carboxylic acids is 2. The molecule has 0 spiro atoms. The van der Waals surface area contributed by atoms with Crippen molar-refractivity contribution in [2.45, 2.75) is 19.4 Å². The molecule has 1 saturated carbocycles. The van der Waals surface area contributed by atoms with Gasteiger partial charge in [0.1, 0.15) is 12.9 Å². The van der Waals surface area contributed by atoms with Crippen LogP contribution in [0.25, 0.3) is 11.4 Å². The van der Waals surface area contributed by atoms with Gasteiger partial charge in [-0.15, -0.1) is 20.4 Å². The van der Waals surface area contributed by atoms with Crippen molar-refractivity contribution in [3.63, 3.8) is 0 Å². The van der Waals surface area contributed by atoms with Crippen LogP contribution in [0.3, 0.4) is 0 Å². The van der Waals surface area contributed by atoms with E-state index < -0.39 is 5.91 Å². The molecule has 2 aliphatic rings. The van der Waals surface area contributed by atoms with Crippen molar-refractivity contribution in [2.24, 2.45) is 5.92 Å². The lowest BCUT2D eigenvalue weighted by Crippen LogP contribution is -2.22. The molecule has 2 aromatic heterocycles. The predicted molar refractivity (Wildman–Crippen MR) is 111 cm³/mol. The van der Waals surface area contributed by atoms with E-state index in [1.165, 1.54) is 7.05 Å². The van der Waals surface area contributed by atoms with Crippen LogP contribution in [-0.4, -0.2) is 50.4 Å². The molecule has 0 bridgehead atoms. The molecule has 3 heterocycles. The van der Waals surface area contributed by atoms with Crippen molar-refractivity contribution in [1.82, 2.24) is 30.3 Å². The Morgan fingerprint density at radius 1 is 1.16 bits per heavy atom. The zero-order valence-electron chi connectivity index (χ0n) is 16.8. The van der Waals surface area contributed by atoms with Gasteiger partial charge in [0.05, 0.1) is 23.5 Å². The molecule has 3 aromatic rings. The maximum absolute atomic E-state index is 12.4. The van der Waals surface area contributed by atoms with E-state index in [4.69, 9.17) is 4.74 Å². The maximum Gasteiger partial charge on any atom is 0.273 e. The van der Waals surface area contributed by atoms with E-state index in [2.05, 4.69) is 36.3 Å². The Hall–Kier alpha value is -4.02. The minimum atomic E-state index is -0.405. The smallest absolute Gasteiger partial charge is 0.273 e. The topological polar surface area (TPSA) is 136 Å². The van der Waals surface area contributed by atoms with Gasteiger partial charge in [0.25, 0.3) is 5.91 Å². The third-order valence-electron chi connectivity index (χ3n) is 5.15. The summed E-state index contributed by atoms with van der Waals surface area (Å²) in [5, 5.41) is 24.8. The van der Waals surface area contributed by atoms with Crippen LogP contribution in [0.1, 0.15) is 23.3 Å². The Morgan fingerprint density at radius 3 is 2.84 bits per heavy atom. The number of aromatic nitrogens is 5. The van der Waals surface area contributed by atoms with Crippen molar-refractivity contribution in [1.29, 1.82) is 0 Å². The fourth-order valence-electron chi connectivity index (χ4n) is 3.39. The molecule has 0 radical (unpaired) electrons. The highest BCUT2D eigenvalue weighted by Crippen LogP contribution is 2.39. The standard InChI is InChI=1S/C20H20N8O3/c1-21-20(30)16-14(9-15(25-26-16)24-19(29)11-5-6-11)23-13-4-2-3-12-17(13)31-8-7-28-10-22-27-18(12)28/h2-4,9-11H,5-8H2,1H3,(H,21,30)(H2,23,24,25,29). The van der Waals surface area contributed by atoms with E-state index in [1.54, 1.807) is 12.4 Å². The third kappa shape index (κ3) is 3.65. The van der Waals surface area contributed by atoms with Gasteiger partial charge in [-0.25, -0.2) is 0 Å². The molecular weight excluding hydrogens is 400 g/mol. The van der Waals surface area contributed by atoms with Gasteiger partial charge in [-0.3, -0.25) is 9.59 Å². The number of fused-ring (bicyclic) bond motifs is 3. The first-order valence-electron chi connectivity index (χ1n) is 9.95. The van der Waals surface area contributed by atoms with Gasteiger partial charge < -0.3 is 25.3 Å². The fraction of sp³-hybridized carbons (Fsp3) is 0.300.